The molecule has 1 amide bonds. The van der Waals surface area contributed by atoms with E-state index >= 15 is 0 Å². The van der Waals surface area contributed by atoms with E-state index in [0.717, 1.165) is 11.0 Å². The number of hydrogen-bond donors (Lipinski definition) is 1. The zero-order valence-corrected chi connectivity index (χ0v) is 9.96. The highest BCUT2D eigenvalue weighted by Crippen LogP contribution is 2.26. The van der Waals surface area contributed by atoms with Gasteiger partial charge in [-0.05, 0) is 41.6 Å². The second-order valence-corrected chi connectivity index (χ2v) is 3.80. The van der Waals surface area contributed by atoms with E-state index in [9.17, 15) is 13.6 Å². The van der Waals surface area contributed by atoms with Gasteiger partial charge in [-0.2, -0.15) is 0 Å². The van der Waals surface area contributed by atoms with Crippen LogP contribution in [0.4, 0.5) is 19.3 Å². The number of carbonyl (C=O) groups is 1. The van der Waals surface area contributed by atoms with Crippen molar-refractivity contribution in [1.29, 1.82) is 0 Å². The largest absolute Gasteiger partial charge is 0.465 e. The lowest BCUT2D eigenvalue weighted by atomic mass is 10.3. The van der Waals surface area contributed by atoms with Crippen LogP contribution >= 0.6 is 22.6 Å². The molecule has 0 radical (unpaired) electrons. The average molecular weight is 327 g/mol. The molecular formula is C9H8F2INO2. The summed E-state index contributed by atoms with van der Waals surface area (Å²) >= 11 is 1.58. The van der Waals surface area contributed by atoms with Gasteiger partial charge in [0.05, 0.1) is 9.26 Å². The lowest BCUT2D eigenvalue weighted by Crippen LogP contribution is -2.29. The van der Waals surface area contributed by atoms with Crippen molar-refractivity contribution >= 4 is 34.4 Å². The summed E-state index contributed by atoms with van der Waals surface area (Å²) in [6.45, 7) is 1.79. The first-order chi connectivity index (χ1) is 6.99. The molecule has 6 heteroatoms. The lowest BCUT2D eigenvalue weighted by Gasteiger charge is -2.18. The number of amides is 1. The molecule has 0 spiro atoms. The van der Waals surface area contributed by atoms with E-state index in [0.29, 0.717) is 0 Å². The molecule has 3 nitrogen and oxygen atoms in total. The smallest absolute Gasteiger partial charge is 0.411 e. The molecule has 0 aliphatic carbocycles. The zero-order chi connectivity index (χ0) is 11.6. The number of hydrogen-bond acceptors (Lipinski definition) is 1. The molecule has 82 valence electrons. The van der Waals surface area contributed by atoms with Gasteiger partial charge in [0, 0.05) is 6.54 Å². The third-order valence-electron chi connectivity index (χ3n) is 1.85. The molecule has 0 fully saturated rings. The summed E-state index contributed by atoms with van der Waals surface area (Å²) in [6.07, 6.45) is -1.19. The maximum atomic E-state index is 13.1. The van der Waals surface area contributed by atoms with Crippen LogP contribution < -0.4 is 4.90 Å². The summed E-state index contributed by atoms with van der Waals surface area (Å²) in [5.41, 5.74) is 0.157. The molecule has 1 N–H and O–H groups in total. The molecule has 1 aromatic rings. The van der Waals surface area contributed by atoms with Gasteiger partial charge in [-0.3, -0.25) is 4.90 Å². The van der Waals surface area contributed by atoms with Gasteiger partial charge in [-0.25, -0.2) is 13.6 Å². The van der Waals surface area contributed by atoms with Crippen molar-refractivity contribution < 1.29 is 18.7 Å². The van der Waals surface area contributed by atoms with Gasteiger partial charge in [-0.1, -0.05) is 0 Å². The first-order valence-electron chi connectivity index (χ1n) is 4.13. The molecular weight excluding hydrogens is 319 g/mol. The number of halogens is 3. The molecule has 0 aromatic heterocycles. The van der Waals surface area contributed by atoms with Gasteiger partial charge in [0.1, 0.15) is 0 Å². The van der Waals surface area contributed by atoms with Crippen LogP contribution in [0.1, 0.15) is 6.92 Å². The molecule has 0 saturated heterocycles. The van der Waals surface area contributed by atoms with E-state index in [2.05, 4.69) is 0 Å². The van der Waals surface area contributed by atoms with Crippen LogP contribution in [0.2, 0.25) is 0 Å². The molecule has 0 saturated carbocycles. The quantitative estimate of drug-likeness (QED) is 0.670. The fourth-order valence-corrected chi connectivity index (χ4v) is 1.86. The van der Waals surface area contributed by atoms with Crippen LogP contribution in [-0.4, -0.2) is 17.7 Å². The van der Waals surface area contributed by atoms with Crippen molar-refractivity contribution in [3.8, 4) is 0 Å². The van der Waals surface area contributed by atoms with Gasteiger partial charge < -0.3 is 5.11 Å². The minimum Gasteiger partial charge on any atom is -0.465 e. The molecule has 15 heavy (non-hydrogen) atoms. The fraction of sp³-hybridized carbons (Fsp3) is 0.222. The summed E-state index contributed by atoms with van der Waals surface area (Å²) < 4.78 is 25.9. The summed E-state index contributed by atoms with van der Waals surface area (Å²) in [5.74, 6) is -2.00. The standard InChI is InChI=1S/C9H8F2INO2/c1-2-13(9(14)15)6-4-3-5(10)7(11)8(6)12/h3-4H,2H2,1H3,(H,14,15). The number of nitrogens with zero attached hydrogens (tertiary/aromatic N) is 1. The van der Waals surface area contributed by atoms with Gasteiger partial charge in [0.2, 0.25) is 0 Å². The predicted molar refractivity (Wildman–Crippen MR) is 60.1 cm³/mol. The van der Waals surface area contributed by atoms with Crippen molar-refractivity contribution in [1.82, 2.24) is 0 Å². The molecule has 0 atom stereocenters. The van der Waals surface area contributed by atoms with Gasteiger partial charge in [0.15, 0.2) is 11.6 Å². The van der Waals surface area contributed by atoms with E-state index in [1.807, 2.05) is 0 Å². The Morgan fingerprint density at radius 3 is 2.60 bits per heavy atom. The van der Waals surface area contributed by atoms with Crippen LogP contribution in [0.3, 0.4) is 0 Å². The summed E-state index contributed by atoms with van der Waals surface area (Å²) in [6, 6.07) is 2.16. The van der Waals surface area contributed by atoms with E-state index in [1.54, 1.807) is 29.5 Å². The van der Waals surface area contributed by atoms with E-state index in [1.165, 1.54) is 6.07 Å². The minimum atomic E-state index is -1.19. The van der Waals surface area contributed by atoms with E-state index < -0.39 is 17.7 Å². The predicted octanol–water partition coefficient (Wildman–Crippen LogP) is 3.07. The second kappa shape index (κ2) is 4.73. The third kappa shape index (κ3) is 2.36. The maximum absolute atomic E-state index is 13.1. The fourth-order valence-electron chi connectivity index (χ4n) is 1.13. The molecule has 1 rings (SSSR count). The summed E-state index contributed by atoms with van der Waals surface area (Å²) in [5, 5.41) is 8.82. The molecule has 0 unspecified atom stereocenters. The van der Waals surface area contributed by atoms with Crippen molar-refractivity contribution in [3.63, 3.8) is 0 Å². The highest BCUT2D eigenvalue weighted by Gasteiger charge is 2.19. The van der Waals surface area contributed by atoms with Crippen LogP contribution in [0, 0.1) is 15.2 Å². The zero-order valence-electron chi connectivity index (χ0n) is 7.80. The molecule has 1 aromatic carbocycles. The highest BCUT2D eigenvalue weighted by molar-refractivity contribution is 14.1. The highest BCUT2D eigenvalue weighted by atomic mass is 127. The van der Waals surface area contributed by atoms with Crippen LogP contribution in [0.5, 0.6) is 0 Å². The number of anilines is 1. The first kappa shape index (κ1) is 12.2. The first-order valence-corrected chi connectivity index (χ1v) is 5.20. The van der Waals surface area contributed by atoms with Crippen LogP contribution in [-0.2, 0) is 0 Å². The van der Waals surface area contributed by atoms with Crippen LogP contribution in [0.15, 0.2) is 12.1 Å². The number of carboxylic acid groups (broad SMARTS) is 1. The van der Waals surface area contributed by atoms with Crippen molar-refractivity contribution in [2.75, 3.05) is 11.4 Å². The van der Waals surface area contributed by atoms with Crippen molar-refractivity contribution in [2.45, 2.75) is 6.92 Å². The Balaban J connectivity index is 3.25. The van der Waals surface area contributed by atoms with Gasteiger partial charge >= 0.3 is 6.09 Å². The summed E-state index contributed by atoms with van der Waals surface area (Å²) in [4.78, 5) is 11.7. The maximum Gasteiger partial charge on any atom is 0.411 e. The Labute approximate surface area is 98.8 Å². The molecule has 0 heterocycles. The monoisotopic (exact) mass is 327 g/mol. The molecule has 0 aliphatic heterocycles. The lowest BCUT2D eigenvalue weighted by molar-refractivity contribution is 0.202. The Morgan fingerprint density at radius 1 is 1.53 bits per heavy atom. The van der Waals surface area contributed by atoms with E-state index in [4.69, 9.17) is 5.11 Å². The topological polar surface area (TPSA) is 40.5 Å². The molecule has 0 bridgehead atoms. The SMILES string of the molecule is CCN(C(=O)O)c1ccc(F)c(F)c1I. The average Bonchev–Trinajstić information content (AvgIpc) is 2.18. The normalized spacial score (nSPS) is 10.1. The van der Waals surface area contributed by atoms with Gasteiger partial charge in [0.25, 0.3) is 0 Å². The molecule has 0 aliphatic rings. The second-order valence-electron chi connectivity index (χ2n) is 2.72. The minimum absolute atomic E-state index is 0.0307. The van der Waals surface area contributed by atoms with Crippen molar-refractivity contribution in [3.05, 3.63) is 27.3 Å². The van der Waals surface area contributed by atoms with Gasteiger partial charge in [-0.15, -0.1) is 0 Å². The Kier molecular flexibility index (Phi) is 3.83. The van der Waals surface area contributed by atoms with Crippen molar-refractivity contribution in [2.24, 2.45) is 0 Å². The van der Waals surface area contributed by atoms with Crippen LogP contribution in [0.25, 0.3) is 0 Å². The Bertz CT molecular complexity index is 398. The number of benzene rings is 1. The Hall–Kier alpha value is -0.920. The number of rotatable bonds is 2. The van der Waals surface area contributed by atoms with E-state index in [-0.39, 0.29) is 15.8 Å². The third-order valence-corrected chi connectivity index (χ3v) is 2.88. The summed E-state index contributed by atoms with van der Waals surface area (Å²) in [7, 11) is 0. The Morgan fingerprint density at radius 2 is 2.13 bits per heavy atom.